The molecule has 2 rings (SSSR count). The van der Waals surface area contributed by atoms with E-state index in [-0.39, 0.29) is 16.7 Å². The topological polar surface area (TPSA) is 71.1 Å². The molecule has 1 aliphatic rings. The number of ether oxygens (including phenoxy) is 1. The Morgan fingerprint density at radius 3 is 2.24 bits per heavy atom. The Hall–Kier alpha value is -1.54. The Balaban J connectivity index is 2.60. The van der Waals surface area contributed by atoms with E-state index in [1.807, 2.05) is 6.92 Å². The van der Waals surface area contributed by atoms with E-state index >= 15 is 0 Å². The molecule has 0 aromatic heterocycles. The Labute approximate surface area is 124 Å². The summed E-state index contributed by atoms with van der Waals surface area (Å²) in [5.41, 5.74) is 0.980. The van der Waals surface area contributed by atoms with E-state index in [2.05, 4.69) is 0 Å². The molecular weight excluding hydrogens is 292 g/mol. The van der Waals surface area contributed by atoms with Crippen LogP contribution in [0.1, 0.15) is 45.2 Å². The van der Waals surface area contributed by atoms with Gasteiger partial charge in [0.05, 0.1) is 16.7 Å². The van der Waals surface area contributed by atoms with Crippen molar-refractivity contribution in [2.75, 3.05) is 21.3 Å². The number of fused-ring (bicyclic) bond motifs is 1. The molecule has 21 heavy (non-hydrogen) atoms. The Kier molecular flexibility index (Phi) is 4.57. The molecule has 0 bridgehead atoms. The Bertz CT molecular complexity index is 558. The zero-order valence-electron chi connectivity index (χ0n) is 12.5. The fourth-order valence-corrected chi connectivity index (χ4v) is 5.26. The fraction of sp³-hybridized carbons (Fsp3) is 0.429. The van der Waals surface area contributed by atoms with Crippen LogP contribution in [0.5, 0.6) is 0 Å². The van der Waals surface area contributed by atoms with Gasteiger partial charge in [-0.1, -0.05) is 19.1 Å². The molecule has 1 unspecified atom stereocenters. The lowest BCUT2D eigenvalue weighted by atomic mass is 9.99. The summed E-state index contributed by atoms with van der Waals surface area (Å²) < 4.78 is 21.3. The smallest absolute Gasteiger partial charge is 0.386 e. The Morgan fingerprint density at radius 2 is 1.71 bits per heavy atom. The summed E-state index contributed by atoms with van der Waals surface area (Å²) >= 11 is 0. The van der Waals surface area contributed by atoms with Crippen LogP contribution in [0.25, 0.3) is 0 Å². The van der Waals surface area contributed by atoms with E-state index < -0.39 is 20.7 Å². The summed E-state index contributed by atoms with van der Waals surface area (Å²) in [6, 6.07) is 5.08. The van der Waals surface area contributed by atoms with Crippen LogP contribution in [0, 0.1) is 0 Å². The van der Waals surface area contributed by atoms with E-state index in [9.17, 15) is 9.59 Å². The first-order chi connectivity index (χ1) is 10.0. The SMILES string of the molecule is CCC(c1cccc2c1C(=O)OC2=O)[Si](OC)(OC)OC. The highest BCUT2D eigenvalue weighted by atomic mass is 28.4. The molecule has 0 fully saturated rings. The quantitative estimate of drug-likeness (QED) is 0.454. The van der Waals surface area contributed by atoms with Gasteiger partial charge in [-0.05, 0) is 18.1 Å². The van der Waals surface area contributed by atoms with Crippen LogP contribution in [-0.2, 0) is 18.0 Å². The normalized spacial score (nSPS) is 15.8. The van der Waals surface area contributed by atoms with Gasteiger partial charge >= 0.3 is 20.7 Å². The number of hydrogen-bond acceptors (Lipinski definition) is 6. The molecule has 0 saturated carbocycles. The van der Waals surface area contributed by atoms with Crippen molar-refractivity contribution in [1.82, 2.24) is 0 Å². The van der Waals surface area contributed by atoms with Crippen LogP contribution in [0.4, 0.5) is 0 Å². The van der Waals surface area contributed by atoms with E-state index in [0.29, 0.717) is 12.0 Å². The van der Waals surface area contributed by atoms with Crippen LogP contribution in [-0.4, -0.2) is 42.1 Å². The van der Waals surface area contributed by atoms with Gasteiger partial charge in [-0.3, -0.25) is 0 Å². The molecule has 6 nitrogen and oxygen atoms in total. The second-order valence-electron chi connectivity index (χ2n) is 4.62. The van der Waals surface area contributed by atoms with Crippen LogP contribution < -0.4 is 0 Å². The van der Waals surface area contributed by atoms with Crippen molar-refractivity contribution >= 4 is 20.7 Å². The summed E-state index contributed by atoms with van der Waals surface area (Å²) in [6.45, 7) is 1.95. The highest BCUT2D eigenvalue weighted by Gasteiger charge is 2.49. The van der Waals surface area contributed by atoms with Gasteiger partial charge in [0.15, 0.2) is 0 Å². The molecular formula is C14H18O6Si. The first-order valence-electron chi connectivity index (χ1n) is 6.59. The average molecular weight is 310 g/mol. The van der Waals surface area contributed by atoms with Crippen molar-refractivity contribution < 1.29 is 27.6 Å². The predicted octanol–water partition coefficient (Wildman–Crippen LogP) is 1.91. The summed E-state index contributed by atoms with van der Waals surface area (Å²) in [7, 11) is 1.57. The molecule has 1 aliphatic heterocycles. The molecule has 0 amide bonds. The maximum absolute atomic E-state index is 12.0. The first-order valence-corrected chi connectivity index (χ1v) is 8.39. The van der Waals surface area contributed by atoms with E-state index in [1.165, 1.54) is 21.3 Å². The molecule has 1 aromatic rings. The second-order valence-corrected chi connectivity index (χ2v) is 7.75. The predicted molar refractivity (Wildman–Crippen MR) is 76.0 cm³/mol. The molecule has 1 aromatic carbocycles. The number of rotatable bonds is 6. The minimum Gasteiger partial charge on any atom is -0.386 e. The van der Waals surface area contributed by atoms with Crippen molar-refractivity contribution in [2.24, 2.45) is 0 Å². The monoisotopic (exact) mass is 310 g/mol. The average Bonchev–Trinajstić information content (AvgIpc) is 2.80. The molecule has 0 saturated heterocycles. The van der Waals surface area contributed by atoms with Gasteiger partial charge in [-0.15, -0.1) is 0 Å². The van der Waals surface area contributed by atoms with Gasteiger partial charge in [-0.2, -0.15) is 0 Å². The Morgan fingerprint density at radius 1 is 1.10 bits per heavy atom. The van der Waals surface area contributed by atoms with Crippen LogP contribution in [0.15, 0.2) is 18.2 Å². The standard InChI is InChI=1S/C14H18O6Si/c1-5-11(21(17-2,18-3)19-4)9-7-6-8-10-12(9)14(16)20-13(10)15/h6-8,11H,5H2,1-4H3. The molecule has 0 N–H and O–H groups in total. The van der Waals surface area contributed by atoms with Crippen molar-refractivity contribution in [1.29, 1.82) is 0 Å². The number of benzene rings is 1. The minimum absolute atomic E-state index is 0.258. The highest BCUT2D eigenvalue weighted by molar-refractivity contribution is 6.62. The zero-order chi connectivity index (χ0) is 15.6. The van der Waals surface area contributed by atoms with E-state index in [4.69, 9.17) is 18.0 Å². The van der Waals surface area contributed by atoms with Gasteiger partial charge in [0.25, 0.3) is 0 Å². The number of hydrogen-bond donors (Lipinski definition) is 0. The van der Waals surface area contributed by atoms with Gasteiger partial charge in [0, 0.05) is 21.3 Å². The first kappa shape index (κ1) is 15.8. The minimum atomic E-state index is -3.00. The van der Waals surface area contributed by atoms with Gasteiger partial charge in [0.2, 0.25) is 0 Å². The third-order valence-electron chi connectivity index (χ3n) is 3.77. The zero-order valence-corrected chi connectivity index (χ0v) is 13.5. The lowest BCUT2D eigenvalue weighted by Crippen LogP contribution is -2.49. The van der Waals surface area contributed by atoms with Crippen molar-refractivity contribution in [3.05, 3.63) is 34.9 Å². The highest BCUT2D eigenvalue weighted by Crippen LogP contribution is 2.36. The molecule has 1 atom stereocenters. The lowest BCUT2D eigenvalue weighted by Gasteiger charge is -2.32. The maximum atomic E-state index is 12.0. The van der Waals surface area contributed by atoms with Gasteiger partial charge in [-0.25, -0.2) is 9.59 Å². The molecule has 0 aliphatic carbocycles. The van der Waals surface area contributed by atoms with Gasteiger partial charge < -0.3 is 18.0 Å². The van der Waals surface area contributed by atoms with Crippen molar-refractivity contribution in [3.8, 4) is 0 Å². The number of carbonyl (C=O) groups is 2. The molecule has 114 valence electrons. The summed E-state index contributed by atoms with van der Waals surface area (Å²) in [5, 5.41) is 0. The van der Waals surface area contributed by atoms with E-state index in [1.54, 1.807) is 18.2 Å². The molecule has 0 radical (unpaired) electrons. The van der Waals surface area contributed by atoms with Crippen molar-refractivity contribution in [3.63, 3.8) is 0 Å². The van der Waals surface area contributed by atoms with Crippen LogP contribution in [0.3, 0.4) is 0 Å². The summed E-state index contributed by atoms with van der Waals surface area (Å²) in [6.07, 6.45) is 0.639. The third kappa shape index (κ3) is 2.42. The largest absolute Gasteiger partial charge is 0.508 e. The fourth-order valence-electron chi connectivity index (χ4n) is 2.79. The molecule has 7 heteroatoms. The van der Waals surface area contributed by atoms with Gasteiger partial charge in [0.1, 0.15) is 0 Å². The van der Waals surface area contributed by atoms with Crippen molar-refractivity contribution in [2.45, 2.75) is 18.9 Å². The number of carbonyl (C=O) groups excluding carboxylic acids is 2. The van der Waals surface area contributed by atoms with E-state index in [0.717, 1.165) is 0 Å². The second kappa shape index (κ2) is 6.06. The van der Waals surface area contributed by atoms with Crippen LogP contribution >= 0.6 is 0 Å². The summed E-state index contributed by atoms with van der Waals surface area (Å²) in [5.74, 6) is -1.25. The maximum Gasteiger partial charge on any atom is 0.508 e. The molecule has 1 heterocycles. The van der Waals surface area contributed by atoms with Crippen LogP contribution in [0.2, 0.25) is 0 Å². The number of esters is 2. The lowest BCUT2D eigenvalue weighted by molar-refractivity contribution is 0.0443. The summed E-state index contributed by atoms with van der Waals surface area (Å²) in [4.78, 5) is 23.6. The molecule has 0 spiro atoms. The number of cyclic esters (lactones) is 2. The third-order valence-corrected chi connectivity index (χ3v) is 7.05.